The fraction of sp³-hybridized carbons (Fsp3) is 0.118. The number of nitrogens with zero attached hydrogens (tertiary/aromatic N) is 1. The second kappa shape index (κ2) is 4.85. The maximum atomic E-state index is 11.0. The van der Waals surface area contributed by atoms with Gasteiger partial charge in [0, 0.05) is 22.2 Å². The molecule has 0 fully saturated rings. The number of carboxylic acid groups (broad SMARTS) is 1. The van der Waals surface area contributed by atoms with Crippen LogP contribution in [0.5, 0.6) is 0 Å². The Balaban J connectivity index is 2.32. The summed E-state index contributed by atoms with van der Waals surface area (Å²) in [6.07, 6.45) is 0. The van der Waals surface area contributed by atoms with E-state index >= 15 is 0 Å². The van der Waals surface area contributed by atoms with E-state index in [4.69, 9.17) is 0 Å². The summed E-state index contributed by atoms with van der Waals surface area (Å²) in [4.78, 5) is 11.0. The topological polar surface area (TPSA) is 45.1 Å². The number of carboxylic acids is 1. The van der Waals surface area contributed by atoms with Gasteiger partial charge < -0.3 is 14.5 Å². The van der Waals surface area contributed by atoms with E-state index in [0.717, 1.165) is 27.7 Å². The lowest BCUT2D eigenvalue weighted by atomic mass is 10.0. The first-order valence-electron chi connectivity index (χ1n) is 6.51. The summed E-state index contributed by atoms with van der Waals surface area (Å²) in [5, 5.41) is 12.0. The third-order valence-corrected chi connectivity index (χ3v) is 3.58. The van der Waals surface area contributed by atoms with Gasteiger partial charge in [-0.05, 0) is 18.6 Å². The van der Waals surface area contributed by atoms with Crippen LogP contribution < -0.4 is 5.11 Å². The van der Waals surface area contributed by atoms with Crippen LogP contribution in [-0.4, -0.2) is 10.5 Å². The number of hydrogen-bond donors (Lipinski definition) is 0. The van der Waals surface area contributed by atoms with Crippen molar-refractivity contribution < 1.29 is 9.90 Å². The molecule has 3 nitrogen and oxygen atoms in total. The maximum absolute atomic E-state index is 11.0. The SMILES string of the molecule is Cc1c(-c2ccccc2)c2ccccc2n1CC(=O)[O-]. The summed E-state index contributed by atoms with van der Waals surface area (Å²) >= 11 is 0. The van der Waals surface area contributed by atoms with Gasteiger partial charge in [-0.3, -0.25) is 0 Å². The van der Waals surface area contributed by atoms with Gasteiger partial charge >= 0.3 is 0 Å². The number of para-hydroxylation sites is 1. The van der Waals surface area contributed by atoms with Crippen LogP contribution in [0.2, 0.25) is 0 Å². The molecule has 0 saturated heterocycles. The molecule has 3 rings (SSSR count). The zero-order chi connectivity index (χ0) is 14.1. The molecule has 20 heavy (non-hydrogen) atoms. The number of aliphatic carboxylic acids is 1. The fourth-order valence-corrected chi connectivity index (χ4v) is 2.73. The number of carbonyl (C=O) groups excluding carboxylic acids is 1. The zero-order valence-electron chi connectivity index (χ0n) is 11.2. The van der Waals surface area contributed by atoms with Crippen molar-refractivity contribution >= 4 is 16.9 Å². The second-order valence-electron chi connectivity index (χ2n) is 4.80. The van der Waals surface area contributed by atoms with Crippen LogP contribution in [-0.2, 0) is 11.3 Å². The lowest BCUT2D eigenvalue weighted by Gasteiger charge is -2.09. The summed E-state index contributed by atoms with van der Waals surface area (Å²) in [6.45, 7) is 1.82. The molecule has 0 bridgehead atoms. The highest BCUT2D eigenvalue weighted by Crippen LogP contribution is 2.34. The molecule has 0 N–H and O–H groups in total. The average Bonchev–Trinajstić information content (AvgIpc) is 2.72. The Hall–Kier alpha value is -2.55. The van der Waals surface area contributed by atoms with Crippen molar-refractivity contribution in [1.29, 1.82) is 0 Å². The molecule has 2 aromatic carbocycles. The summed E-state index contributed by atoms with van der Waals surface area (Å²) in [5.41, 5.74) is 4.05. The van der Waals surface area contributed by atoms with Crippen molar-refractivity contribution in [3.05, 3.63) is 60.3 Å². The first kappa shape index (κ1) is 12.5. The second-order valence-corrected chi connectivity index (χ2v) is 4.80. The van der Waals surface area contributed by atoms with Gasteiger partial charge in [0.05, 0.1) is 12.5 Å². The van der Waals surface area contributed by atoms with Gasteiger partial charge in [-0.2, -0.15) is 0 Å². The summed E-state index contributed by atoms with van der Waals surface area (Å²) in [5.74, 6) is -1.08. The van der Waals surface area contributed by atoms with Gasteiger partial charge in [0.2, 0.25) is 0 Å². The van der Waals surface area contributed by atoms with Crippen LogP contribution in [0.4, 0.5) is 0 Å². The van der Waals surface area contributed by atoms with Crippen LogP contribution >= 0.6 is 0 Å². The number of benzene rings is 2. The first-order chi connectivity index (χ1) is 9.68. The minimum atomic E-state index is -1.08. The highest BCUT2D eigenvalue weighted by molar-refractivity contribution is 5.98. The predicted octanol–water partition coefficient (Wildman–Crippen LogP) is 2.37. The normalized spacial score (nSPS) is 10.8. The van der Waals surface area contributed by atoms with Crippen molar-refractivity contribution in [3.63, 3.8) is 0 Å². The largest absolute Gasteiger partial charge is 0.548 e. The standard InChI is InChI=1S/C17H15NO2/c1-12-17(13-7-3-2-4-8-13)14-9-5-6-10-15(14)18(12)11-16(19)20/h2-10H,11H2,1H3,(H,19,20)/p-1. The molecule has 3 heteroatoms. The third kappa shape index (κ3) is 1.97. The number of fused-ring (bicyclic) bond motifs is 1. The monoisotopic (exact) mass is 264 g/mol. The molecule has 0 aliphatic carbocycles. The van der Waals surface area contributed by atoms with Gasteiger partial charge in [-0.15, -0.1) is 0 Å². The van der Waals surface area contributed by atoms with E-state index in [2.05, 4.69) is 0 Å². The zero-order valence-corrected chi connectivity index (χ0v) is 11.2. The minimum Gasteiger partial charge on any atom is -0.548 e. The molecule has 0 aliphatic heterocycles. The van der Waals surface area contributed by atoms with Crippen molar-refractivity contribution in [2.45, 2.75) is 13.5 Å². The highest BCUT2D eigenvalue weighted by atomic mass is 16.4. The molecule has 0 spiro atoms. The Morgan fingerprint density at radius 3 is 2.40 bits per heavy atom. The van der Waals surface area contributed by atoms with E-state index in [-0.39, 0.29) is 6.54 Å². The van der Waals surface area contributed by atoms with E-state index in [1.165, 1.54) is 0 Å². The van der Waals surface area contributed by atoms with Gasteiger partial charge in [-0.1, -0.05) is 48.5 Å². The van der Waals surface area contributed by atoms with Crippen molar-refractivity contribution in [3.8, 4) is 11.1 Å². The first-order valence-corrected chi connectivity index (χ1v) is 6.51. The molecular formula is C17H14NO2-. The van der Waals surface area contributed by atoms with Gasteiger partial charge in [0.25, 0.3) is 0 Å². The Labute approximate surface area is 117 Å². The van der Waals surface area contributed by atoms with Gasteiger partial charge in [0.15, 0.2) is 0 Å². The lowest BCUT2D eigenvalue weighted by molar-refractivity contribution is -0.306. The van der Waals surface area contributed by atoms with Crippen LogP contribution in [0.1, 0.15) is 5.69 Å². The highest BCUT2D eigenvalue weighted by Gasteiger charge is 2.14. The Morgan fingerprint density at radius 2 is 1.70 bits per heavy atom. The van der Waals surface area contributed by atoms with E-state index in [0.29, 0.717) is 0 Å². The molecule has 1 heterocycles. The number of aromatic nitrogens is 1. The molecule has 0 saturated carbocycles. The van der Waals surface area contributed by atoms with Crippen molar-refractivity contribution in [2.75, 3.05) is 0 Å². The van der Waals surface area contributed by atoms with E-state index < -0.39 is 5.97 Å². The van der Waals surface area contributed by atoms with Crippen LogP contribution in [0.25, 0.3) is 22.0 Å². The lowest BCUT2D eigenvalue weighted by Crippen LogP contribution is -2.27. The third-order valence-electron chi connectivity index (χ3n) is 3.58. The van der Waals surface area contributed by atoms with E-state index in [9.17, 15) is 9.90 Å². The molecule has 0 radical (unpaired) electrons. The molecule has 3 aromatic rings. The van der Waals surface area contributed by atoms with Crippen LogP contribution in [0.15, 0.2) is 54.6 Å². The molecule has 100 valence electrons. The molecule has 0 amide bonds. The number of carbonyl (C=O) groups is 1. The molecule has 0 aliphatic rings. The number of rotatable bonds is 3. The smallest absolute Gasteiger partial charge is 0.0624 e. The predicted molar refractivity (Wildman–Crippen MR) is 77.1 cm³/mol. The molecule has 1 aromatic heterocycles. The Morgan fingerprint density at radius 1 is 1.05 bits per heavy atom. The summed E-state index contributed by atoms with van der Waals surface area (Å²) < 4.78 is 1.80. The van der Waals surface area contributed by atoms with E-state index in [1.54, 1.807) is 4.57 Å². The summed E-state index contributed by atoms with van der Waals surface area (Å²) in [6, 6.07) is 17.9. The minimum absolute atomic E-state index is 0.126. The van der Waals surface area contributed by atoms with Gasteiger partial charge in [0.1, 0.15) is 0 Å². The van der Waals surface area contributed by atoms with Crippen LogP contribution in [0, 0.1) is 6.92 Å². The van der Waals surface area contributed by atoms with E-state index in [1.807, 2.05) is 61.5 Å². The van der Waals surface area contributed by atoms with Crippen LogP contribution in [0.3, 0.4) is 0 Å². The van der Waals surface area contributed by atoms with Crippen molar-refractivity contribution in [2.24, 2.45) is 0 Å². The Bertz CT molecular complexity index is 772. The maximum Gasteiger partial charge on any atom is 0.0624 e. The quantitative estimate of drug-likeness (QED) is 0.729. The molecule has 0 unspecified atom stereocenters. The summed E-state index contributed by atoms with van der Waals surface area (Å²) in [7, 11) is 0. The Kier molecular flexibility index (Phi) is 3.03. The average molecular weight is 264 g/mol. The van der Waals surface area contributed by atoms with Gasteiger partial charge in [-0.25, -0.2) is 0 Å². The van der Waals surface area contributed by atoms with Crippen molar-refractivity contribution in [1.82, 2.24) is 4.57 Å². The molecule has 0 atom stereocenters. The fourth-order valence-electron chi connectivity index (χ4n) is 2.73. The number of hydrogen-bond acceptors (Lipinski definition) is 2. The molecular weight excluding hydrogens is 250 g/mol.